The lowest BCUT2D eigenvalue weighted by Gasteiger charge is -2.31. The molecule has 0 bridgehead atoms. The minimum atomic E-state index is 0.397. The molecule has 2 aromatic rings. The van der Waals surface area contributed by atoms with Crippen LogP contribution in [0.1, 0.15) is 31.3 Å². The molecule has 0 unspecified atom stereocenters. The van der Waals surface area contributed by atoms with Gasteiger partial charge in [-0.3, -0.25) is 0 Å². The molecule has 0 spiro atoms. The highest BCUT2D eigenvalue weighted by molar-refractivity contribution is 7.80. The Morgan fingerprint density at radius 1 is 1.36 bits per heavy atom. The molecule has 0 saturated carbocycles. The smallest absolute Gasteiger partial charge is 0.232 e. The van der Waals surface area contributed by atoms with E-state index in [9.17, 15) is 0 Å². The highest BCUT2D eigenvalue weighted by Gasteiger charge is 2.18. The van der Waals surface area contributed by atoms with E-state index in [4.69, 9.17) is 28.2 Å². The van der Waals surface area contributed by atoms with Gasteiger partial charge in [0.05, 0.1) is 6.54 Å². The van der Waals surface area contributed by atoms with E-state index in [0.717, 1.165) is 49.2 Å². The Bertz CT molecular complexity index is 742. The quantitative estimate of drug-likeness (QED) is 0.619. The molecule has 2 aromatic heterocycles. The molecular formula is C17H22ClN5OS. The largest absolute Gasteiger partial charge is 0.465 e. The zero-order chi connectivity index (χ0) is 17.8. The second-order valence-corrected chi connectivity index (χ2v) is 7.16. The Morgan fingerprint density at radius 2 is 2.12 bits per heavy atom. The predicted octanol–water partition coefficient (Wildman–Crippen LogP) is 3.75. The third kappa shape index (κ3) is 5.06. The number of furan rings is 1. The number of thiocarbonyl (C=S) groups is 1. The van der Waals surface area contributed by atoms with Crippen LogP contribution < -0.4 is 15.5 Å². The van der Waals surface area contributed by atoms with Crippen molar-refractivity contribution in [1.82, 2.24) is 15.3 Å². The zero-order valence-electron chi connectivity index (χ0n) is 14.4. The summed E-state index contributed by atoms with van der Waals surface area (Å²) in [7, 11) is 0. The van der Waals surface area contributed by atoms with E-state index in [1.165, 1.54) is 0 Å². The van der Waals surface area contributed by atoms with Gasteiger partial charge in [0.15, 0.2) is 5.11 Å². The maximum atomic E-state index is 6.16. The van der Waals surface area contributed by atoms with Crippen LogP contribution in [0.15, 0.2) is 22.6 Å². The number of aromatic nitrogens is 2. The van der Waals surface area contributed by atoms with Crippen molar-refractivity contribution in [2.24, 2.45) is 5.92 Å². The molecule has 8 heteroatoms. The molecular weight excluding hydrogens is 358 g/mol. The van der Waals surface area contributed by atoms with Gasteiger partial charge in [-0.05, 0) is 50.0 Å². The van der Waals surface area contributed by atoms with E-state index in [-0.39, 0.29) is 0 Å². The summed E-state index contributed by atoms with van der Waals surface area (Å²) >= 11 is 11.5. The predicted molar refractivity (Wildman–Crippen MR) is 104 cm³/mol. The normalized spacial score (nSPS) is 15.2. The first kappa shape index (κ1) is 17.9. The van der Waals surface area contributed by atoms with Crippen LogP contribution in [0.2, 0.25) is 5.15 Å². The van der Waals surface area contributed by atoms with E-state index in [2.05, 4.69) is 32.4 Å². The SMILES string of the molecule is Cc1ccc(CNC(=S)Nc2nc(Cl)cc(N3CCC(C)CC3)n2)o1. The highest BCUT2D eigenvalue weighted by atomic mass is 35.5. The average Bonchev–Trinajstić information content (AvgIpc) is 2.98. The highest BCUT2D eigenvalue weighted by Crippen LogP contribution is 2.24. The number of anilines is 2. The Kier molecular flexibility index (Phi) is 5.75. The lowest BCUT2D eigenvalue weighted by Crippen LogP contribution is -2.34. The number of rotatable bonds is 4. The molecule has 1 aliphatic heterocycles. The standard InChI is InChI=1S/C17H22ClN5OS/c1-11-5-7-23(8-6-11)15-9-14(18)20-16(21-15)22-17(25)19-10-13-4-3-12(2)24-13/h3-4,9,11H,5-8,10H2,1-2H3,(H2,19,20,21,22,25). The van der Waals surface area contributed by atoms with Gasteiger partial charge >= 0.3 is 0 Å². The summed E-state index contributed by atoms with van der Waals surface area (Å²) in [6.45, 7) is 6.64. The van der Waals surface area contributed by atoms with Gasteiger partial charge in [-0.15, -0.1) is 0 Å². The molecule has 1 saturated heterocycles. The van der Waals surface area contributed by atoms with Gasteiger partial charge in [0, 0.05) is 19.2 Å². The van der Waals surface area contributed by atoms with Crippen molar-refractivity contribution < 1.29 is 4.42 Å². The third-order valence-electron chi connectivity index (χ3n) is 4.23. The molecule has 3 heterocycles. The van der Waals surface area contributed by atoms with Crippen molar-refractivity contribution in [3.8, 4) is 0 Å². The molecule has 1 fully saturated rings. The third-order valence-corrected chi connectivity index (χ3v) is 4.67. The van der Waals surface area contributed by atoms with Crippen molar-refractivity contribution >= 4 is 40.7 Å². The number of aryl methyl sites for hydroxylation is 1. The van der Waals surface area contributed by atoms with Crippen LogP contribution in [0.4, 0.5) is 11.8 Å². The van der Waals surface area contributed by atoms with Gasteiger partial charge in [-0.1, -0.05) is 18.5 Å². The summed E-state index contributed by atoms with van der Waals surface area (Å²) in [6.07, 6.45) is 2.32. The summed E-state index contributed by atoms with van der Waals surface area (Å²) < 4.78 is 5.50. The molecule has 25 heavy (non-hydrogen) atoms. The lowest BCUT2D eigenvalue weighted by molar-refractivity contribution is 0.436. The number of hydrogen-bond acceptors (Lipinski definition) is 5. The summed E-state index contributed by atoms with van der Waals surface area (Å²) in [4.78, 5) is 11.0. The van der Waals surface area contributed by atoms with Crippen LogP contribution in [0.25, 0.3) is 0 Å². The summed E-state index contributed by atoms with van der Waals surface area (Å²) in [5.74, 6) is 3.67. The van der Waals surface area contributed by atoms with Crippen molar-refractivity contribution in [3.05, 3.63) is 34.9 Å². The van der Waals surface area contributed by atoms with Gasteiger partial charge in [-0.25, -0.2) is 4.98 Å². The minimum Gasteiger partial charge on any atom is -0.465 e. The zero-order valence-corrected chi connectivity index (χ0v) is 16.0. The molecule has 0 radical (unpaired) electrons. The number of nitrogens with zero attached hydrogens (tertiary/aromatic N) is 3. The molecule has 2 N–H and O–H groups in total. The first-order valence-corrected chi connectivity index (χ1v) is 9.18. The van der Waals surface area contributed by atoms with E-state index in [1.807, 2.05) is 19.1 Å². The molecule has 3 rings (SSSR count). The van der Waals surface area contributed by atoms with Crippen LogP contribution in [-0.4, -0.2) is 28.2 Å². The van der Waals surface area contributed by atoms with Gasteiger partial charge < -0.3 is 20.0 Å². The molecule has 134 valence electrons. The lowest BCUT2D eigenvalue weighted by atomic mass is 9.99. The van der Waals surface area contributed by atoms with Crippen LogP contribution >= 0.6 is 23.8 Å². The molecule has 6 nitrogen and oxygen atoms in total. The van der Waals surface area contributed by atoms with Gasteiger partial charge in [0.2, 0.25) is 5.95 Å². The number of nitrogens with one attached hydrogen (secondary N) is 2. The van der Waals surface area contributed by atoms with E-state index in [0.29, 0.717) is 22.8 Å². The van der Waals surface area contributed by atoms with Gasteiger partial charge in [0.25, 0.3) is 0 Å². The van der Waals surface area contributed by atoms with Gasteiger partial charge in [0.1, 0.15) is 22.5 Å². The molecule has 0 atom stereocenters. The van der Waals surface area contributed by atoms with Gasteiger partial charge in [-0.2, -0.15) is 4.98 Å². The summed E-state index contributed by atoms with van der Waals surface area (Å²) in [6, 6.07) is 5.63. The Labute approximate surface area is 158 Å². The van der Waals surface area contributed by atoms with Crippen LogP contribution in [0.3, 0.4) is 0 Å². The molecule has 0 amide bonds. The van der Waals surface area contributed by atoms with Crippen molar-refractivity contribution in [2.45, 2.75) is 33.2 Å². The van der Waals surface area contributed by atoms with Crippen LogP contribution in [-0.2, 0) is 6.54 Å². The second kappa shape index (κ2) is 8.01. The van der Waals surface area contributed by atoms with Crippen molar-refractivity contribution in [3.63, 3.8) is 0 Å². The summed E-state index contributed by atoms with van der Waals surface area (Å²) in [5.41, 5.74) is 0. The van der Waals surface area contributed by atoms with Crippen LogP contribution in [0, 0.1) is 12.8 Å². The maximum absolute atomic E-state index is 6.16. The van der Waals surface area contributed by atoms with E-state index in [1.54, 1.807) is 6.07 Å². The number of hydrogen-bond donors (Lipinski definition) is 2. The van der Waals surface area contributed by atoms with E-state index < -0.39 is 0 Å². The van der Waals surface area contributed by atoms with Crippen LogP contribution in [0.5, 0.6) is 0 Å². The molecule has 1 aliphatic rings. The van der Waals surface area contributed by atoms with E-state index >= 15 is 0 Å². The number of halogens is 1. The minimum absolute atomic E-state index is 0.397. The summed E-state index contributed by atoms with van der Waals surface area (Å²) in [5, 5.41) is 6.89. The topological polar surface area (TPSA) is 66.2 Å². The maximum Gasteiger partial charge on any atom is 0.232 e. The Balaban J connectivity index is 1.60. The van der Waals surface area contributed by atoms with Crippen molar-refractivity contribution in [2.75, 3.05) is 23.3 Å². The Morgan fingerprint density at radius 3 is 2.80 bits per heavy atom. The first-order chi connectivity index (χ1) is 12.0. The molecule has 0 aromatic carbocycles. The first-order valence-electron chi connectivity index (χ1n) is 8.39. The fraction of sp³-hybridized carbons (Fsp3) is 0.471. The fourth-order valence-electron chi connectivity index (χ4n) is 2.75. The molecule has 0 aliphatic carbocycles. The second-order valence-electron chi connectivity index (χ2n) is 6.36. The Hall–Kier alpha value is -1.86. The van der Waals surface area contributed by atoms with Crippen molar-refractivity contribution in [1.29, 1.82) is 0 Å². The monoisotopic (exact) mass is 379 g/mol. The number of piperidine rings is 1. The average molecular weight is 380 g/mol. The fourth-order valence-corrected chi connectivity index (χ4v) is 3.10.